The van der Waals surface area contributed by atoms with Crippen LogP contribution in [0.3, 0.4) is 0 Å². The molecule has 0 bridgehead atoms. The molecule has 3 nitrogen and oxygen atoms in total. The molecule has 0 aliphatic heterocycles. The van der Waals surface area contributed by atoms with E-state index in [2.05, 4.69) is 0 Å². The van der Waals surface area contributed by atoms with Gasteiger partial charge in [-0.15, -0.1) is 0 Å². The average molecular weight is 317 g/mol. The van der Waals surface area contributed by atoms with Crippen LogP contribution in [0.1, 0.15) is 16.4 Å². The molecular formula is C16H15NO2S2. The molecule has 0 aliphatic carbocycles. The highest BCUT2D eigenvalue weighted by Gasteiger charge is 2.23. The Morgan fingerprint density at radius 1 is 1.10 bits per heavy atom. The van der Waals surface area contributed by atoms with Gasteiger partial charge in [-0.25, -0.2) is 8.42 Å². The van der Waals surface area contributed by atoms with Crippen LogP contribution in [0.4, 0.5) is 0 Å². The zero-order chi connectivity index (χ0) is 15.3. The summed E-state index contributed by atoms with van der Waals surface area (Å²) in [5.74, 6) is -0.0850. The first kappa shape index (κ1) is 15.6. The minimum absolute atomic E-state index is 0.0850. The number of thiocyanates is 1. The molecule has 0 fully saturated rings. The topological polar surface area (TPSA) is 57.9 Å². The third-order valence-electron chi connectivity index (χ3n) is 3.12. The van der Waals surface area contributed by atoms with E-state index in [-0.39, 0.29) is 11.0 Å². The van der Waals surface area contributed by atoms with E-state index in [0.717, 1.165) is 22.9 Å². The molecule has 5 heteroatoms. The SMILES string of the molecule is Cc1ccc(S(=O)(=O)CC(SC#N)c2ccccc2)cc1. The summed E-state index contributed by atoms with van der Waals surface area (Å²) in [5.41, 5.74) is 1.86. The Morgan fingerprint density at radius 3 is 2.29 bits per heavy atom. The van der Waals surface area contributed by atoms with Crippen molar-refractivity contribution in [1.82, 2.24) is 0 Å². The smallest absolute Gasteiger partial charge is 0.179 e. The molecule has 0 amide bonds. The van der Waals surface area contributed by atoms with Crippen LogP contribution in [0.15, 0.2) is 59.5 Å². The van der Waals surface area contributed by atoms with Crippen molar-refractivity contribution in [3.05, 3.63) is 65.7 Å². The van der Waals surface area contributed by atoms with Crippen LogP contribution in [-0.4, -0.2) is 14.2 Å². The van der Waals surface area contributed by atoms with Crippen molar-refractivity contribution in [2.75, 3.05) is 5.75 Å². The standard InChI is InChI=1S/C16H15NO2S2/c1-13-7-9-15(10-8-13)21(18,19)11-16(20-12-17)14-5-3-2-4-6-14/h2-10,16H,11H2,1H3. The summed E-state index contributed by atoms with van der Waals surface area (Å²) in [6.45, 7) is 1.91. The minimum atomic E-state index is -3.42. The van der Waals surface area contributed by atoms with E-state index < -0.39 is 9.84 Å². The van der Waals surface area contributed by atoms with Crippen molar-refractivity contribution in [2.45, 2.75) is 17.1 Å². The van der Waals surface area contributed by atoms with Crippen LogP contribution in [0.5, 0.6) is 0 Å². The van der Waals surface area contributed by atoms with E-state index in [4.69, 9.17) is 5.26 Å². The largest absolute Gasteiger partial charge is 0.224 e. The fourth-order valence-electron chi connectivity index (χ4n) is 1.97. The van der Waals surface area contributed by atoms with Gasteiger partial charge >= 0.3 is 0 Å². The molecule has 0 saturated carbocycles. The highest BCUT2D eigenvalue weighted by atomic mass is 32.2. The summed E-state index contributed by atoms with van der Waals surface area (Å²) in [5, 5.41) is 10.5. The summed E-state index contributed by atoms with van der Waals surface area (Å²) in [6.07, 6.45) is 0. The van der Waals surface area contributed by atoms with E-state index in [9.17, 15) is 8.42 Å². The van der Waals surface area contributed by atoms with Crippen LogP contribution in [0.25, 0.3) is 0 Å². The molecule has 1 atom stereocenters. The molecule has 0 saturated heterocycles. The third-order valence-corrected chi connectivity index (χ3v) is 5.92. The molecule has 0 radical (unpaired) electrons. The Kier molecular flexibility index (Phi) is 5.05. The van der Waals surface area contributed by atoms with Crippen molar-refractivity contribution in [3.8, 4) is 5.40 Å². The molecule has 0 N–H and O–H groups in total. The van der Waals surface area contributed by atoms with Crippen LogP contribution < -0.4 is 0 Å². The normalized spacial score (nSPS) is 12.6. The van der Waals surface area contributed by atoms with E-state index in [1.807, 2.05) is 42.7 Å². The molecular weight excluding hydrogens is 302 g/mol. The maximum absolute atomic E-state index is 12.5. The van der Waals surface area contributed by atoms with Crippen molar-refractivity contribution in [1.29, 1.82) is 5.26 Å². The van der Waals surface area contributed by atoms with Gasteiger partial charge in [0.15, 0.2) is 9.84 Å². The Hall–Kier alpha value is -1.77. The molecule has 2 aromatic carbocycles. The second-order valence-electron chi connectivity index (χ2n) is 4.70. The first-order chi connectivity index (χ1) is 10.0. The summed E-state index contributed by atoms with van der Waals surface area (Å²) < 4.78 is 25.0. The number of nitriles is 1. The van der Waals surface area contributed by atoms with Gasteiger partial charge < -0.3 is 0 Å². The molecule has 0 spiro atoms. The molecule has 0 aromatic heterocycles. The first-order valence-corrected chi connectivity index (χ1v) is 8.95. The Morgan fingerprint density at radius 2 is 1.71 bits per heavy atom. The lowest BCUT2D eigenvalue weighted by Gasteiger charge is -2.14. The van der Waals surface area contributed by atoms with Crippen molar-refractivity contribution in [3.63, 3.8) is 0 Å². The van der Waals surface area contributed by atoms with Crippen molar-refractivity contribution < 1.29 is 8.42 Å². The molecule has 0 heterocycles. The van der Waals surface area contributed by atoms with E-state index in [1.54, 1.807) is 24.3 Å². The minimum Gasteiger partial charge on any atom is -0.224 e. The molecule has 108 valence electrons. The number of thioether (sulfide) groups is 1. The number of rotatable bonds is 5. The van der Waals surface area contributed by atoms with Crippen LogP contribution >= 0.6 is 11.8 Å². The third kappa shape index (κ3) is 4.10. The maximum atomic E-state index is 12.5. The van der Waals surface area contributed by atoms with Gasteiger partial charge in [0.05, 0.1) is 15.9 Å². The fraction of sp³-hybridized carbons (Fsp3) is 0.188. The quantitative estimate of drug-likeness (QED) is 0.789. The maximum Gasteiger partial charge on any atom is 0.179 e. The van der Waals surface area contributed by atoms with E-state index in [1.165, 1.54) is 0 Å². The lowest BCUT2D eigenvalue weighted by atomic mass is 10.2. The van der Waals surface area contributed by atoms with Gasteiger partial charge in [0.25, 0.3) is 0 Å². The monoisotopic (exact) mass is 317 g/mol. The first-order valence-electron chi connectivity index (χ1n) is 6.42. The van der Waals surface area contributed by atoms with Gasteiger partial charge in [-0.1, -0.05) is 48.0 Å². The fourth-order valence-corrected chi connectivity index (χ4v) is 4.54. The molecule has 0 aliphatic rings. The van der Waals surface area contributed by atoms with E-state index >= 15 is 0 Å². The van der Waals surface area contributed by atoms with Crippen molar-refractivity contribution in [2.24, 2.45) is 0 Å². The highest BCUT2D eigenvalue weighted by Crippen LogP contribution is 2.31. The van der Waals surface area contributed by atoms with Gasteiger partial charge in [0.2, 0.25) is 0 Å². The van der Waals surface area contributed by atoms with Crippen LogP contribution in [-0.2, 0) is 9.84 Å². The van der Waals surface area contributed by atoms with Gasteiger partial charge in [-0.2, -0.15) is 5.26 Å². The zero-order valence-corrected chi connectivity index (χ0v) is 13.2. The lowest BCUT2D eigenvalue weighted by Crippen LogP contribution is -2.13. The summed E-state index contributed by atoms with van der Waals surface area (Å²) in [6, 6.07) is 16.0. The number of nitrogens with zero attached hydrogens (tertiary/aromatic N) is 1. The molecule has 2 aromatic rings. The van der Waals surface area contributed by atoms with Crippen molar-refractivity contribution >= 4 is 21.6 Å². The van der Waals surface area contributed by atoms with Gasteiger partial charge in [-0.05, 0) is 36.4 Å². The number of hydrogen-bond donors (Lipinski definition) is 0. The number of hydrogen-bond acceptors (Lipinski definition) is 4. The number of benzene rings is 2. The zero-order valence-electron chi connectivity index (χ0n) is 11.6. The average Bonchev–Trinajstić information content (AvgIpc) is 2.48. The Labute approximate surface area is 129 Å². The predicted molar refractivity (Wildman–Crippen MR) is 85.6 cm³/mol. The summed E-state index contributed by atoms with van der Waals surface area (Å²) >= 11 is 0.981. The van der Waals surface area contributed by atoms with Gasteiger partial charge in [0.1, 0.15) is 5.40 Å². The van der Waals surface area contributed by atoms with E-state index in [0.29, 0.717) is 4.90 Å². The second kappa shape index (κ2) is 6.79. The second-order valence-corrected chi connectivity index (χ2v) is 7.72. The highest BCUT2D eigenvalue weighted by molar-refractivity contribution is 8.04. The Bertz CT molecular complexity index is 732. The van der Waals surface area contributed by atoms with Gasteiger partial charge in [-0.3, -0.25) is 0 Å². The van der Waals surface area contributed by atoms with Gasteiger partial charge in [0, 0.05) is 0 Å². The van der Waals surface area contributed by atoms with Crippen LogP contribution in [0.2, 0.25) is 0 Å². The van der Waals surface area contributed by atoms with Crippen LogP contribution in [0, 0.1) is 17.6 Å². The predicted octanol–water partition coefficient (Wildman–Crippen LogP) is 3.72. The summed E-state index contributed by atoms with van der Waals surface area (Å²) in [7, 11) is -3.42. The molecule has 1 unspecified atom stereocenters. The summed E-state index contributed by atoms with van der Waals surface area (Å²) in [4.78, 5) is 0.299. The molecule has 2 rings (SSSR count). The Balaban J connectivity index is 2.28. The lowest BCUT2D eigenvalue weighted by molar-refractivity contribution is 0.595. The molecule has 21 heavy (non-hydrogen) atoms. The number of sulfone groups is 1. The number of aryl methyl sites for hydroxylation is 1.